The summed E-state index contributed by atoms with van der Waals surface area (Å²) >= 11 is 0. The number of piperidine rings is 1. The summed E-state index contributed by atoms with van der Waals surface area (Å²) < 4.78 is 14.0. The molecule has 0 N–H and O–H groups in total. The van der Waals surface area contributed by atoms with Gasteiger partial charge in [-0.25, -0.2) is 4.39 Å². The van der Waals surface area contributed by atoms with Crippen LogP contribution in [-0.2, 0) is 0 Å². The van der Waals surface area contributed by atoms with Crippen LogP contribution in [0.1, 0.15) is 33.6 Å². The zero-order chi connectivity index (χ0) is 12.0. The molecule has 0 unspecified atom stereocenters. The molecular formula is C13H27FN2. The summed E-state index contributed by atoms with van der Waals surface area (Å²) in [4.78, 5) is 4.61. The lowest BCUT2D eigenvalue weighted by atomic mass is 9.94. The first-order valence-electron chi connectivity index (χ1n) is 6.79. The van der Waals surface area contributed by atoms with E-state index in [4.69, 9.17) is 0 Å². The minimum Gasteiger partial charge on any atom is -0.304 e. The first-order valence-corrected chi connectivity index (χ1v) is 6.79. The Hall–Kier alpha value is -0.150. The summed E-state index contributed by atoms with van der Waals surface area (Å²) in [5.41, 5.74) is 0. The third-order valence-corrected chi connectivity index (χ3v) is 3.69. The van der Waals surface area contributed by atoms with Crippen molar-refractivity contribution in [3.8, 4) is 0 Å². The smallest absolute Gasteiger partial charge is 0.117 e. The molecule has 16 heavy (non-hydrogen) atoms. The predicted octanol–water partition coefficient (Wildman–Crippen LogP) is 2.40. The van der Waals surface area contributed by atoms with Crippen LogP contribution in [0.15, 0.2) is 0 Å². The molecule has 1 aliphatic rings. The largest absolute Gasteiger partial charge is 0.304 e. The maximum Gasteiger partial charge on any atom is 0.117 e. The van der Waals surface area contributed by atoms with Crippen molar-refractivity contribution < 1.29 is 4.39 Å². The van der Waals surface area contributed by atoms with Gasteiger partial charge >= 0.3 is 0 Å². The predicted molar refractivity (Wildman–Crippen MR) is 67.5 cm³/mol. The Morgan fingerprint density at radius 1 is 1.25 bits per heavy atom. The first kappa shape index (κ1) is 13.9. The van der Waals surface area contributed by atoms with Crippen molar-refractivity contribution in [2.75, 3.05) is 39.3 Å². The zero-order valence-electron chi connectivity index (χ0n) is 11.1. The number of alkyl halides is 1. The Morgan fingerprint density at radius 2 is 1.94 bits per heavy atom. The van der Waals surface area contributed by atoms with Gasteiger partial charge in [-0.05, 0) is 39.0 Å². The van der Waals surface area contributed by atoms with E-state index in [2.05, 4.69) is 30.6 Å². The number of halogens is 1. The van der Waals surface area contributed by atoms with Crippen molar-refractivity contribution >= 4 is 0 Å². The van der Waals surface area contributed by atoms with E-state index < -0.39 is 6.17 Å². The van der Waals surface area contributed by atoms with Crippen molar-refractivity contribution in [2.24, 2.45) is 5.92 Å². The molecule has 0 aliphatic carbocycles. The monoisotopic (exact) mass is 230 g/mol. The van der Waals surface area contributed by atoms with Gasteiger partial charge in [-0.3, -0.25) is 0 Å². The molecule has 96 valence electrons. The lowest BCUT2D eigenvalue weighted by molar-refractivity contribution is 0.0633. The molecule has 3 heteroatoms. The molecule has 1 fully saturated rings. The van der Waals surface area contributed by atoms with Gasteiger partial charge in [0.2, 0.25) is 0 Å². The maximum absolute atomic E-state index is 14.0. The Morgan fingerprint density at radius 3 is 2.44 bits per heavy atom. The van der Waals surface area contributed by atoms with Gasteiger partial charge < -0.3 is 9.80 Å². The first-order chi connectivity index (χ1) is 7.71. The Labute approximate surface area is 99.8 Å². The molecule has 0 radical (unpaired) electrons. The molecule has 0 bridgehead atoms. The number of likely N-dealkylation sites (tertiary alicyclic amines) is 1. The van der Waals surface area contributed by atoms with Gasteiger partial charge in [0, 0.05) is 19.0 Å². The van der Waals surface area contributed by atoms with Gasteiger partial charge in [-0.1, -0.05) is 20.8 Å². The van der Waals surface area contributed by atoms with Gasteiger partial charge in [0.1, 0.15) is 6.17 Å². The minimum atomic E-state index is -0.624. The van der Waals surface area contributed by atoms with Crippen molar-refractivity contribution in [3.05, 3.63) is 0 Å². The molecule has 2 nitrogen and oxygen atoms in total. The molecule has 1 saturated heterocycles. The zero-order valence-corrected chi connectivity index (χ0v) is 11.1. The second-order valence-corrected chi connectivity index (χ2v) is 4.85. The van der Waals surface area contributed by atoms with Gasteiger partial charge in [0.15, 0.2) is 0 Å². The lowest BCUT2D eigenvalue weighted by Crippen LogP contribution is -2.46. The third kappa shape index (κ3) is 4.02. The molecule has 0 spiro atoms. The lowest BCUT2D eigenvalue weighted by Gasteiger charge is -2.36. The van der Waals surface area contributed by atoms with E-state index in [0.717, 1.165) is 45.6 Å². The maximum atomic E-state index is 14.0. The van der Waals surface area contributed by atoms with E-state index in [0.29, 0.717) is 6.54 Å². The standard InChI is InChI=1S/C13H27FN2/c1-4-8-16-9-7-12(13(14)11-16)10-15(5-2)6-3/h12-13H,4-11H2,1-3H3/t12-,13-/m0/s1. The molecule has 1 heterocycles. The van der Waals surface area contributed by atoms with E-state index >= 15 is 0 Å². The Bertz CT molecular complexity index is 183. The van der Waals surface area contributed by atoms with Gasteiger partial charge in [-0.15, -0.1) is 0 Å². The minimum absolute atomic E-state index is 0.257. The summed E-state index contributed by atoms with van der Waals surface area (Å²) in [6.07, 6.45) is 1.53. The summed E-state index contributed by atoms with van der Waals surface area (Å²) in [5.74, 6) is 0.257. The molecule has 0 amide bonds. The highest BCUT2D eigenvalue weighted by Crippen LogP contribution is 2.21. The van der Waals surface area contributed by atoms with Crippen LogP contribution in [0.2, 0.25) is 0 Å². The van der Waals surface area contributed by atoms with Crippen molar-refractivity contribution in [1.82, 2.24) is 9.80 Å². The van der Waals surface area contributed by atoms with Crippen LogP contribution in [0.3, 0.4) is 0 Å². The van der Waals surface area contributed by atoms with Crippen LogP contribution in [0, 0.1) is 5.92 Å². The molecule has 0 aromatic rings. The molecule has 0 aromatic heterocycles. The van der Waals surface area contributed by atoms with E-state index in [1.807, 2.05) is 0 Å². The summed E-state index contributed by atoms with van der Waals surface area (Å²) in [6.45, 7) is 12.3. The molecular weight excluding hydrogens is 203 g/mol. The van der Waals surface area contributed by atoms with Gasteiger partial charge in [-0.2, -0.15) is 0 Å². The Kier molecular flexibility index (Phi) is 6.29. The molecule has 1 rings (SSSR count). The highest BCUT2D eigenvalue weighted by atomic mass is 19.1. The van der Waals surface area contributed by atoms with Crippen LogP contribution >= 0.6 is 0 Å². The molecule has 1 aliphatic heterocycles. The average molecular weight is 230 g/mol. The summed E-state index contributed by atoms with van der Waals surface area (Å²) in [5, 5.41) is 0. The SMILES string of the molecule is CCCN1CC[C@@H](CN(CC)CC)[C@@H](F)C1. The molecule has 2 atom stereocenters. The summed E-state index contributed by atoms with van der Waals surface area (Å²) in [6, 6.07) is 0. The van der Waals surface area contributed by atoms with E-state index in [1.165, 1.54) is 0 Å². The van der Waals surface area contributed by atoms with Crippen LogP contribution < -0.4 is 0 Å². The second-order valence-electron chi connectivity index (χ2n) is 4.85. The van der Waals surface area contributed by atoms with Gasteiger partial charge in [0.25, 0.3) is 0 Å². The second kappa shape index (κ2) is 7.23. The van der Waals surface area contributed by atoms with Crippen LogP contribution in [-0.4, -0.2) is 55.2 Å². The summed E-state index contributed by atoms with van der Waals surface area (Å²) in [7, 11) is 0. The van der Waals surface area contributed by atoms with Crippen molar-refractivity contribution in [1.29, 1.82) is 0 Å². The number of hydrogen-bond donors (Lipinski definition) is 0. The molecule has 0 aromatic carbocycles. The van der Waals surface area contributed by atoms with Crippen LogP contribution in [0.25, 0.3) is 0 Å². The fourth-order valence-electron chi connectivity index (χ4n) is 2.55. The highest BCUT2D eigenvalue weighted by Gasteiger charge is 2.29. The van der Waals surface area contributed by atoms with Crippen LogP contribution in [0.4, 0.5) is 4.39 Å². The Balaban J connectivity index is 2.35. The number of hydrogen-bond acceptors (Lipinski definition) is 2. The molecule has 0 saturated carbocycles. The third-order valence-electron chi connectivity index (χ3n) is 3.69. The van der Waals surface area contributed by atoms with Gasteiger partial charge in [0.05, 0.1) is 0 Å². The van der Waals surface area contributed by atoms with E-state index in [-0.39, 0.29) is 5.92 Å². The average Bonchev–Trinajstić information content (AvgIpc) is 2.29. The van der Waals surface area contributed by atoms with Crippen LogP contribution in [0.5, 0.6) is 0 Å². The normalized spacial score (nSPS) is 27.6. The number of rotatable bonds is 6. The quantitative estimate of drug-likeness (QED) is 0.691. The van der Waals surface area contributed by atoms with Crippen molar-refractivity contribution in [3.63, 3.8) is 0 Å². The number of nitrogens with zero attached hydrogens (tertiary/aromatic N) is 2. The van der Waals surface area contributed by atoms with E-state index in [9.17, 15) is 4.39 Å². The van der Waals surface area contributed by atoms with Crippen molar-refractivity contribution in [2.45, 2.75) is 39.8 Å². The fourth-order valence-corrected chi connectivity index (χ4v) is 2.55. The highest BCUT2D eigenvalue weighted by molar-refractivity contribution is 4.82. The topological polar surface area (TPSA) is 6.48 Å². The van der Waals surface area contributed by atoms with E-state index in [1.54, 1.807) is 0 Å². The fraction of sp³-hybridized carbons (Fsp3) is 1.00.